The van der Waals surface area contributed by atoms with Gasteiger partial charge in [-0.1, -0.05) is 95.5 Å². The summed E-state index contributed by atoms with van der Waals surface area (Å²) < 4.78 is 0.933. The van der Waals surface area contributed by atoms with Crippen LogP contribution in [0.25, 0.3) is 0 Å². The summed E-state index contributed by atoms with van der Waals surface area (Å²) >= 11 is 9.54. The minimum absolute atomic E-state index is 0.103. The van der Waals surface area contributed by atoms with E-state index in [9.17, 15) is 9.59 Å². The number of amides is 2. The molecular weight excluding hydrogens is 512 g/mol. The number of hydrogen-bond acceptors (Lipinski definition) is 2. The van der Waals surface area contributed by atoms with Gasteiger partial charge in [0.15, 0.2) is 0 Å². The number of carbonyl (C=O) groups excluding carboxylic acids is 2. The molecule has 34 heavy (non-hydrogen) atoms. The Morgan fingerprint density at radius 3 is 2.32 bits per heavy atom. The minimum atomic E-state index is -0.627. The van der Waals surface area contributed by atoms with E-state index in [0.717, 1.165) is 34.0 Å². The number of unbranched alkanes of at least 4 members (excludes halogenated alkanes) is 1. The van der Waals surface area contributed by atoms with Crippen LogP contribution < -0.4 is 5.32 Å². The molecule has 0 bridgehead atoms. The summed E-state index contributed by atoms with van der Waals surface area (Å²) in [5, 5.41) is 3.67. The van der Waals surface area contributed by atoms with Crippen molar-refractivity contribution in [1.29, 1.82) is 0 Å². The normalized spacial score (nSPS) is 11.6. The van der Waals surface area contributed by atoms with Gasteiger partial charge in [-0.2, -0.15) is 0 Å². The Kier molecular flexibility index (Phi) is 10.2. The van der Waals surface area contributed by atoms with Gasteiger partial charge in [0, 0.05) is 29.0 Å². The van der Waals surface area contributed by atoms with Gasteiger partial charge < -0.3 is 10.2 Å². The van der Waals surface area contributed by atoms with Crippen molar-refractivity contribution in [2.24, 2.45) is 0 Å². The quantitative estimate of drug-likeness (QED) is 0.294. The van der Waals surface area contributed by atoms with Gasteiger partial charge >= 0.3 is 0 Å². The van der Waals surface area contributed by atoms with Crippen molar-refractivity contribution in [3.8, 4) is 0 Å². The third kappa shape index (κ3) is 8.00. The lowest BCUT2D eigenvalue weighted by Gasteiger charge is -2.32. The zero-order chi connectivity index (χ0) is 24.3. The number of halogens is 2. The van der Waals surface area contributed by atoms with E-state index in [1.54, 1.807) is 17.0 Å². The Bertz CT molecular complexity index is 1070. The van der Waals surface area contributed by atoms with Crippen molar-refractivity contribution in [3.63, 3.8) is 0 Å². The summed E-state index contributed by atoms with van der Waals surface area (Å²) in [4.78, 5) is 28.8. The summed E-state index contributed by atoms with van der Waals surface area (Å²) in [5.41, 5.74) is 2.83. The molecule has 0 saturated heterocycles. The van der Waals surface area contributed by atoms with Crippen LogP contribution in [0.2, 0.25) is 5.02 Å². The molecule has 0 aliphatic carbocycles. The van der Waals surface area contributed by atoms with Crippen LogP contribution in [-0.2, 0) is 29.0 Å². The second-order valence-electron chi connectivity index (χ2n) is 8.30. The van der Waals surface area contributed by atoms with E-state index in [1.807, 2.05) is 66.7 Å². The molecule has 178 valence electrons. The molecule has 2 amide bonds. The number of benzene rings is 3. The highest BCUT2D eigenvalue weighted by Crippen LogP contribution is 2.19. The fourth-order valence-electron chi connectivity index (χ4n) is 3.77. The molecule has 6 heteroatoms. The largest absolute Gasteiger partial charge is 0.354 e. The lowest BCUT2D eigenvalue weighted by Crippen LogP contribution is -2.51. The van der Waals surface area contributed by atoms with E-state index in [0.29, 0.717) is 24.5 Å². The molecule has 0 radical (unpaired) electrons. The van der Waals surface area contributed by atoms with Crippen LogP contribution in [0.5, 0.6) is 0 Å². The first-order valence-corrected chi connectivity index (χ1v) is 12.7. The minimum Gasteiger partial charge on any atom is -0.354 e. The summed E-state index contributed by atoms with van der Waals surface area (Å²) in [5.74, 6) is -0.231. The Labute approximate surface area is 215 Å². The van der Waals surface area contributed by atoms with Crippen LogP contribution in [0.3, 0.4) is 0 Å². The Balaban J connectivity index is 1.93. The molecule has 4 nitrogen and oxygen atoms in total. The molecular formula is C28H30BrClN2O2. The highest BCUT2D eigenvalue weighted by atomic mass is 79.9. The van der Waals surface area contributed by atoms with Gasteiger partial charge in [0.05, 0.1) is 6.42 Å². The molecule has 3 rings (SSSR count). The van der Waals surface area contributed by atoms with Crippen LogP contribution in [0.4, 0.5) is 0 Å². The van der Waals surface area contributed by atoms with E-state index in [4.69, 9.17) is 11.6 Å². The van der Waals surface area contributed by atoms with Crippen LogP contribution in [0.1, 0.15) is 36.5 Å². The third-order valence-corrected chi connectivity index (χ3v) is 6.36. The first-order valence-electron chi connectivity index (χ1n) is 11.6. The van der Waals surface area contributed by atoms with Crippen molar-refractivity contribution in [2.75, 3.05) is 6.54 Å². The first kappa shape index (κ1) is 26.0. The SMILES string of the molecule is CCCCNC(=O)[C@H](Cc1ccccc1)N(Cc1cccc(Br)c1)C(=O)Cc1ccc(Cl)cc1. The maximum absolute atomic E-state index is 13.7. The molecule has 0 spiro atoms. The summed E-state index contributed by atoms with van der Waals surface area (Å²) in [6.07, 6.45) is 2.52. The van der Waals surface area contributed by atoms with E-state index in [1.165, 1.54) is 0 Å². The second kappa shape index (κ2) is 13.3. The number of nitrogens with one attached hydrogen (secondary N) is 1. The molecule has 0 fully saturated rings. The van der Waals surface area contributed by atoms with Crippen LogP contribution in [0, 0.1) is 0 Å². The molecule has 1 N–H and O–H groups in total. The number of carbonyl (C=O) groups is 2. The van der Waals surface area contributed by atoms with Gasteiger partial charge in [-0.3, -0.25) is 9.59 Å². The average molecular weight is 542 g/mol. The monoisotopic (exact) mass is 540 g/mol. The number of rotatable bonds is 11. The molecule has 0 aliphatic rings. The molecule has 3 aromatic rings. The van der Waals surface area contributed by atoms with E-state index >= 15 is 0 Å². The maximum atomic E-state index is 13.7. The smallest absolute Gasteiger partial charge is 0.243 e. The Morgan fingerprint density at radius 1 is 0.941 bits per heavy atom. The highest BCUT2D eigenvalue weighted by Gasteiger charge is 2.30. The molecule has 0 heterocycles. The van der Waals surface area contributed by atoms with E-state index < -0.39 is 6.04 Å². The van der Waals surface area contributed by atoms with Crippen molar-refractivity contribution >= 4 is 39.3 Å². The highest BCUT2D eigenvalue weighted by molar-refractivity contribution is 9.10. The molecule has 0 aliphatic heterocycles. The summed E-state index contributed by atoms with van der Waals surface area (Å²) in [7, 11) is 0. The zero-order valence-electron chi connectivity index (χ0n) is 19.3. The van der Waals surface area contributed by atoms with Crippen LogP contribution in [-0.4, -0.2) is 29.3 Å². The average Bonchev–Trinajstić information content (AvgIpc) is 2.83. The lowest BCUT2D eigenvalue weighted by molar-refractivity contribution is -0.140. The summed E-state index contributed by atoms with van der Waals surface area (Å²) in [6.45, 7) is 3.02. The maximum Gasteiger partial charge on any atom is 0.243 e. The Hall–Kier alpha value is -2.63. The third-order valence-electron chi connectivity index (χ3n) is 5.61. The predicted octanol–water partition coefficient (Wildman–Crippen LogP) is 6.20. The van der Waals surface area contributed by atoms with Gasteiger partial charge in [0.2, 0.25) is 11.8 Å². The summed E-state index contributed by atoms with van der Waals surface area (Å²) in [6, 6.07) is 24.3. The lowest BCUT2D eigenvalue weighted by atomic mass is 10.0. The molecule has 1 atom stereocenters. The topological polar surface area (TPSA) is 49.4 Å². The predicted molar refractivity (Wildman–Crippen MR) is 142 cm³/mol. The van der Waals surface area contributed by atoms with Crippen molar-refractivity contribution < 1.29 is 9.59 Å². The first-order chi connectivity index (χ1) is 16.5. The van der Waals surface area contributed by atoms with Gasteiger partial charge in [-0.15, -0.1) is 0 Å². The van der Waals surface area contributed by atoms with Crippen LogP contribution in [0.15, 0.2) is 83.3 Å². The van der Waals surface area contributed by atoms with Crippen LogP contribution >= 0.6 is 27.5 Å². The molecule has 0 aromatic heterocycles. The van der Waals surface area contributed by atoms with E-state index in [2.05, 4.69) is 28.2 Å². The van der Waals surface area contributed by atoms with Gasteiger partial charge in [-0.25, -0.2) is 0 Å². The van der Waals surface area contributed by atoms with Gasteiger partial charge in [0.25, 0.3) is 0 Å². The molecule has 0 unspecified atom stereocenters. The zero-order valence-corrected chi connectivity index (χ0v) is 21.7. The van der Waals surface area contributed by atoms with Gasteiger partial charge in [-0.05, 0) is 47.4 Å². The van der Waals surface area contributed by atoms with Gasteiger partial charge in [0.1, 0.15) is 6.04 Å². The fraction of sp³-hybridized carbons (Fsp3) is 0.286. The van der Waals surface area contributed by atoms with Crippen molar-refractivity contribution in [2.45, 2.75) is 45.2 Å². The second-order valence-corrected chi connectivity index (χ2v) is 9.66. The standard InChI is InChI=1S/C28H30BrClN2O2/c1-2-3-16-31-28(34)26(18-21-8-5-4-6-9-21)32(20-23-10-7-11-24(29)17-23)27(33)19-22-12-14-25(30)15-13-22/h4-15,17,26H,2-3,16,18-20H2,1H3,(H,31,34)/t26-/m0/s1. The number of nitrogens with zero attached hydrogens (tertiary/aromatic N) is 1. The Morgan fingerprint density at radius 2 is 1.65 bits per heavy atom. The van der Waals surface area contributed by atoms with Crippen molar-refractivity contribution in [1.82, 2.24) is 10.2 Å². The molecule has 0 saturated carbocycles. The van der Waals surface area contributed by atoms with E-state index in [-0.39, 0.29) is 18.2 Å². The fourth-order valence-corrected chi connectivity index (χ4v) is 4.34. The molecule has 3 aromatic carbocycles. The van der Waals surface area contributed by atoms with Crippen molar-refractivity contribution in [3.05, 3.63) is 105 Å². The number of hydrogen-bond donors (Lipinski definition) is 1.